The molecule has 2 heterocycles. The van der Waals surface area contributed by atoms with Gasteiger partial charge in [0.2, 0.25) is 23.6 Å². The highest BCUT2D eigenvalue weighted by Gasteiger charge is 2.32. The summed E-state index contributed by atoms with van der Waals surface area (Å²) in [7, 11) is 0. The molecule has 4 rings (SSSR count). The summed E-state index contributed by atoms with van der Waals surface area (Å²) in [6, 6.07) is 11.9. The zero-order chi connectivity index (χ0) is 35.9. The van der Waals surface area contributed by atoms with Crippen molar-refractivity contribution in [1.82, 2.24) is 36.6 Å². The third kappa shape index (κ3) is 11.7. The van der Waals surface area contributed by atoms with Gasteiger partial charge in [-0.1, -0.05) is 56.3 Å². The Balaban J connectivity index is 1.63. The number of aliphatic hydroxyl groups excluding tert-OH is 1. The van der Waals surface area contributed by atoms with Gasteiger partial charge in [0.25, 0.3) is 5.91 Å². The summed E-state index contributed by atoms with van der Waals surface area (Å²) in [6.45, 7) is 3.60. The maximum atomic E-state index is 14.0. The lowest BCUT2D eigenvalue weighted by atomic mass is 10.0. The van der Waals surface area contributed by atoms with Crippen LogP contribution in [0.4, 0.5) is 0 Å². The van der Waals surface area contributed by atoms with E-state index < -0.39 is 54.4 Å². The average molecular weight is 690 g/mol. The number of amides is 5. The molecule has 0 fully saturated rings. The number of imidazole rings is 1. The summed E-state index contributed by atoms with van der Waals surface area (Å²) >= 11 is 0. The Morgan fingerprint density at radius 3 is 2.30 bits per heavy atom. The second-order valence-corrected chi connectivity index (χ2v) is 12.8. The van der Waals surface area contributed by atoms with E-state index in [9.17, 15) is 29.1 Å². The van der Waals surface area contributed by atoms with Crippen molar-refractivity contribution < 1.29 is 33.8 Å². The number of nitrogens with zero attached hydrogens (tertiary/aromatic N) is 1. The molecule has 0 saturated heterocycles. The van der Waals surface area contributed by atoms with Crippen LogP contribution in [0, 0.1) is 5.92 Å². The molecule has 1 aliphatic rings. The van der Waals surface area contributed by atoms with Crippen LogP contribution in [0.25, 0.3) is 0 Å². The number of H-pyrrole nitrogens is 1. The Morgan fingerprint density at radius 1 is 0.880 bits per heavy atom. The minimum Gasteiger partial charge on any atom is -0.491 e. The van der Waals surface area contributed by atoms with E-state index in [1.165, 1.54) is 18.6 Å². The summed E-state index contributed by atoms with van der Waals surface area (Å²) in [5, 5.41) is 24.0. The SMILES string of the molecule is CC(C)CC(=O)NCCCC[C@@H]1NC(=O)[C@H](Cc2cnc[nH]2)NC(=O)[C@H](CO)NC(=O)c2ccccc2OC[C@H](Cc2ccccc2)NC1=O. The molecule has 0 bridgehead atoms. The lowest BCUT2D eigenvalue weighted by Crippen LogP contribution is -2.59. The summed E-state index contributed by atoms with van der Waals surface area (Å²) in [4.78, 5) is 73.6. The number of carbonyl (C=O) groups is 5. The van der Waals surface area contributed by atoms with E-state index >= 15 is 0 Å². The number of aliphatic hydroxyl groups is 1. The summed E-state index contributed by atoms with van der Waals surface area (Å²) in [5.41, 5.74) is 1.60. The molecule has 268 valence electrons. The molecule has 3 aromatic rings. The minimum atomic E-state index is -1.39. The van der Waals surface area contributed by atoms with E-state index in [2.05, 4.69) is 36.6 Å². The third-order valence-corrected chi connectivity index (χ3v) is 8.13. The molecule has 5 amide bonds. The van der Waals surface area contributed by atoms with Crippen molar-refractivity contribution in [2.75, 3.05) is 19.8 Å². The molecule has 14 nitrogen and oxygen atoms in total. The van der Waals surface area contributed by atoms with Crippen LogP contribution in [0.1, 0.15) is 61.1 Å². The van der Waals surface area contributed by atoms with Gasteiger partial charge in [0, 0.05) is 31.3 Å². The Labute approximate surface area is 291 Å². The fraction of sp³-hybridized carbons (Fsp3) is 0.444. The fourth-order valence-corrected chi connectivity index (χ4v) is 5.54. The summed E-state index contributed by atoms with van der Waals surface area (Å²) < 4.78 is 6.11. The van der Waals surface area contributed by atoms with Gasteiger partial charge in [-0.15, -0.1) is 0 Å². The summed E-state index contributed by atoms with van der Waals surface area (Å²) in [6.07, 6.45) is 5.07. The largest absolute Gasteiger partial charge is 0.491 e. The highest BCUT2D eigenvalue weighted by molar-refractivity contribution is 6.00. The number of hydrogen-bond donors (Lipinski definition) is 7. The van der Waals surface area contributed by atoms with E-state index in [0.29, 0.717) is 37.9 Å². The molecule has 1 aromatic heterocycles. The number of rotatable bonds is 12. The quantitative estimate of drug-likeness (QED) is 0.137. The molecule has 2 aromatic carbocycles. The Kier molecular flexibility index (Phi) is 14.3. The first-order chi connectivity index (χ1) is 24.1. The lowest BCUT2D eigenvalue weighted by molar-refractivity contribution is -0.133. The Bertz CT molecular complexity index is 1570. The number of unbranched alkanes of at least 4 members (excludes halogenated alkanes) is 1. The highest BCUT2D eigenvalue weighted by atomic mass is 16.5. The molecule has 50 heavy (non-hydrogen) atoms. The van der Waals surface area contributed by atoms with Crippen LogP contribution < -0.4 is 31.3 Å². The van der Waals surface area contributed by atoms with Crippen LogP contribution >= 0.6 is 0 Å². The highest BCUT2D eigenvalue weighted by Crippen LogP contribution is 2.19. The molecule has 0 aliphatic carbocycles. The first-order valence-electron chi connectivity index (χ1n) is 17.0. The zero-order valence-electron chi connectivity index (χ0n) is 28.4. The molecule has 0 unspecified atom stereocenters. The normalized spacial score (nSPS) is 20.5. The maximum Gasteiger partial charge on any atom is 0.255 e. The smallest absolute Gasteiger partial charge is 0.255 e. The third-order valence-electron chi connectivity index (χ3n) is 8.13. The van der Waals surface area contributed by atoms with E-state index in [1.54, 1.807) is 18.2 Å². The number of aromatic amines is 1. The molecule has 0 radical (unpaired) electrons. The second kappa shape index (κ2) is 19.1. The molecule has 1 aliphatic heterocycles. The minimum absolute atomic E-state index is 0.00675. The number of hydrogen-bond acceptors (Lipinski definition) is 8. The Hall–Kier alpha value is -5.24. The number of benzene rings is 2. The van der Waals surface area contributed by atoms with Crippen molar-refractivity contribution in [2.24, 2.45) is 5.92 Å². The van der Waals surface area contributed by atoms with Crippen molar-refractivity contribution in [3.8, 4) is 5.75 Å². The first kappa shape index (κ1) is 37.6. The lowest BCUT2D eigenvalue weighted by Gasteiger charge is -2.27. The van der Waals surface area contributed by atoms with Crippen LogP contribution in [-0.4, -0.2) is 88.5 Å². The maximum absolute atomic E-state index is 14.0. The van der Waals surface area contributed by atoms with Crippen LogP contribution in [0.5, 0.6) is 5.75 Å². The van der Waals surface area contributed by atoms with Crippen LogP contribution in [0.15, 0.2) is 67.1 Å². The van der Waals surface area contributed by atoms with Crippen molar-refractivity contribution in [2.45, 2.75) is 76.5 Å². The average Bonchev–Trinajstić information content (AvgIpc) is 3.61. The molecule has 14 heteroatoms. The second-order valence-electron chi connectivity index (χ2n) is 12.8. The van der Waals surface area contributed by atoms with E-state index in [0.717, 1.165) is 5.56 Å². The molecule has 4 atom stereocenters. The fourth-order valence-electron chi connectivity index (χ4n) is 5.54. The predicted octanol–water partition coefficient (Wildman–Crippen LogP) is 1.17. The number of ether oxygens (including phenoxy) is 1. The molecular weight excluding hydrogens is 642 g/mol. The van der Waals surface area contributed by atoms with Gasteiger partial charge < -0.3 is 41.4 Å². The monoisotopic (exact) mass is 689 g/mol. The topological polar surface area (TPSA) is 204 Å². The van der Waals surface area contributed by atoms with Gasteiger partial charge in [-0.2, -0.15) is 0 Å². The molecule has 0 saturated carbocycles. The molecular formula is C36H47N7O7. The number of aromatic nitrogens is 2. The standard InChI is InChI=1S/C36H47N7O7/c1-23(2)16-32(45)38-15-9-8-13-28-34(47)40-26(17-24-10-4-3-5-11-24)21-50-31-14-7-6-12-27(31)33(46)43-30(20-44)36(49)42-29(35(48)41-28)18-25-19-37-22-39-25/h3-7,10-12,14,19,22-23,26,28-30,44H,8-9,13,15-18,20-21H2,1-2H3,(H,37,39)(H,38,45)(H,40,47)(H,41,48)(H,42,49)(H,43,46)/t26-,28-,29-,30-/m0/s1. The van der Waals surface area contributed by atoms with Crippen LogP contribution in [0.2, 0.25) is 0 Å². The Morgan fingerprint density at radius 2 is 1.58 bits per heavy atom. The van der Waals surface area contributed by atoms with Gasteiger partial charge in [-0.25, -0.2) is 4.98 Å². The van der Waals surface area contributed by atoms with Crippen LogP contribution in [0.3, 0.4) is 0 Å². The van der Waals surface area contributed by atoms with Gasteiger partial charge in [0.05, 0.1) is 24.5 Å². The van der Waals surface area contributed by atoms with Crippen molar-refractivity contribution >= 4 is 29.5 Å². The number of nitrogens with one attached hydrogen (secondary N) is 6. The first-order valence-corrected chi connectivity index (χ1v) is 17.0. The van der Waals surface area contributed by atoms with Crippen LogP contribution in [-0.2, 0) is 32.0 Å². The summed E-state index contributed by atoms with van der Waals surface area (Å²) in [5.74, 6) is -2.15. The predicted molar refractivity (Wildman–Crippen MR) is 185 cm³/mol. The number of para-hydroxylation sites is 1. The zero-order valence-corrected chi connectivity index (χ0v) is 28.4. The van der Waals surface area contributed by atoms with Crippen molar-refractivity contribution in [3.05, 3.63) is 83.9 Å². The van der Waals surface area contributed by atoms with Crippen molar-refractivity contribution in [1.29, 1.82) is 0 Å². The van der Waals surface area contributed by atoms with Gasteiger partial charge in [0.1, 0.15) is 30.5 Å². The van der Waals surface area contributed by atoms with Gasteiger partial charge >= 0.3 is 0 Å². The number of carbonyl (C=O) groups excluding carboxylic acids is 5. The molecule has 0 spiro atoms. The van der Waals surface area contributed by atoms with E-state index in [-0.39, 0.29) is 42.6 Å². The number of fused-ring (bicyclic) bond motifs is 1. The van der Waals surface area contributed by atoms with Gasteiger partial charge in [-0.3, -0.25) is 24.0 Å². The van der Waals surface area contributed by atoms with Gasteiger partial charge in [0.15, 0.2) is 0 Å². The molecule has 7 N–H and O–H groups in total. The van der Waals surface area contributed by atoms with E-state index in [4.69, 9.17) is 4.74 Å². The van der Waals surface area contributed by atoms with Gasteiger partial charge in [-0.05, 0) is 49.3 Å². The van der Waals surface area contributed by atoms with Crippen molar-refractivity contribution in [3.63, 3.8) is 0 Å². The van der Waals surface area contributed by atoms with E-state index in [1.807, 2.05) is 44.2 Å².